The topological polar surface area (TPSA) is 75.6 Å². The van der Waals surface area contributed by atoms with Crippen LogP contribution in [-0.2, 0) is 15.0 Å². The van der Waals surface area contributed by atoms with Crippen LogP contribution >= 0.6 is 0 Å². The van der Waals surface area contributed by atoms with Crippen LogP contribution in [0.4, 0.5) is 4.39 Å². The first-order valence-electron chi connectivity index (χ1n) is 8.36. The molecule has 0 aromatic heterocycles. The summed E-state index contributed by atoms with van der Waals surface area (Å²) in [6, 6.07) is 14.5. The molecule has 1 amide bonds. The van der Waals surface area contributed by atoms with E-state index in [9.17, 15) is 19.1 Å². The molecule has 0 aliphatic heterocycles. The Balaban J connectivity index is 1.78. The zero-order chi connectivity index (χ0) is 19.0. The Labute approximate surface area is 151 Å². The standard InChI is InChI=1S/C20H22FNO4/c1-20(19(24)25,15-6-3-2-4-7-15)14-22-18(23)8-5-13-26-17-11-9-16(21)10-12-17/h2-4,6-7,9-12H,5,8,13-14H2,1H3,(H,22,23)(H,24,25). The minimum atomic E-state index is -1.19. The third-order valence-corrected chi connectivity index (χ3v) is 4.15. The lowest BCUT2D eigenvalue weighted by Gasteiger charge is -2.25. The van der Waals surface area contributed by atoms with Gasteiger partial charge in [-0.2, -0.15) is 0 Å². The van der Waals surface area contributed by atoms with Crippen LogP contribution in [0.25, 0.3) is 0 Å². The number of aliphatic carboxylic acids is 1. The molecule has 0 saturated carbocycles. The van der Waals surface area contributed by atoms with E-state index in [4.69, 9.17) is 4.74 Å². The van der Waals surface area contributed by atoms with E-state index >= 15 is 0 Å². The Kier molecular flexibility index (Phi) is 6.72. The van der Waals surface area contributed by atoms with Crippen LogP contribution in [-0.4, -0.2) is 30.1 Å². The van der Waals surface area contributed by atoms with E-state index in [0.717, 1.165) is 0 Å². The number of rotatable bonds is 9. The summed E-state index contributed by atoms with van der Waals surface area (Å²) in [4.78, 5) is 23.7. The molecule has 1 atom stereocenters. The molecule has 138 valence electrons. The molecule has 2 rings (SSSR count). The Morgan fingerprint density at radius 1 is 1.12 bits per heavy atom. The highest BCUT2D eigenvalue weighted by molar-refractivity contribution is 5.83. The highest BCUT2D eigenvalue weighted by atomic mass is 19.1. The van der Waals surface area contributed by atoms with Gasteiger partial charge in [0.2, 0.25) is 5.91 Å². The molecule has 0 spiro atoms. The van der Waals surface area contributed by atoms with Crippen molar-refractivity contribution in [1.82, 2.24) is 5.32 Å². The third kappa shape index (κ3) is 5.31. The minimum absolute atomic E-state index is 0.00397. The average Bonchev–Trinajstić information content (AvgIpc) is 2.65. The Hall–Kier alpha value is -2.89. The Morgan fingerprint density at radius 2 is 1.77 bits per heavy atom. The Bertz CT molecular complexity index is 733. The Morgan fingerprint density at radius 3 is 2.38 bits per heavy atom. The van der Waals surface area contributed by atoms with Crippen molar-refractivity contribution in [2.24, 2.45) is 0 Å². The van der Waals surface area contributed by atoms with Gasteiger partial charge >= 0.3 is 5.97 Å². The van der Waals surface area contributed by atoms with Crippen molar-refractivity contribution in [3.63, 3.8) is 0 Å². The maximum Gasteiger partial charge on any atom is 0.315 e. The van der Waals surface area contributed by atoms with Crippen LogP contribution in [0.1, 0.15) is 25.3 Å². The van der Waals surface area contributed by atoms with Gasteiger partial charge in [-0.1, -0.05) is 30.3 Å². The normalized spacial score (nSPS) is 12.8. The number of hydrogen-bond acceptors (Lipinski definition) is 3. The fourth-order valence-corrected chi connectivity index (χ4v) is 2.42. The number of ether oxygens (including phenoxy) is 1. The molecular formula is C20H22FNO4. The summed E-state index contributed by atoms with van der Waals surface area (Å²) in [5, 5.41) is 12.2. The summed E-state index contributed by atoms with van der Waals surface area (Å²) < 4.78 is 18.2. The number of carboxylic acids is 1. The van der Waals surface area contributed by atoms with E-state index in [1.165, 1.54) is 24.3 Å². The van der Waals surface area contributed by atoms with Crippen LogP contribution in [0, 0.1) is 5.82 Å². The largest absolute Gasteiger partial charge is 0.494 e. The van der Waals surface area contributed by atoms with E-state index < -0.39 is 11.4 Å². The maximum atomic E-state index is 12.8. The van der Waals surface area contributed by atoms with Gasteiger partial charge in [0.25, 0.3) is 0 Å². The predicted octanol–water partition coefficient (Wildman–Crippen LogP) is 3.14. The van der Waals surface area contributed by atoms with Crippen molar-refractivity contribution < 1.29 is 23.8 Å². The smallest absolute Gasteiger partial charge is 0.315 e. The molecule has 0 aliphatic carbocycles. The first-order chi connectivity index (χ1) is 12.4. The molecule has 0 aliphatic rings. The number of benzene rings is 2. The van der Waals surface area contributed by atoms with Crippen LogP contribution in [0.3, 0.4) is 0 Å². The van der Waals surface area contributed by atoms with Crippen molar-refractivity contribution in [2.45, 2.75) is 25.2 Å². The van der Waals surface area contributed by atoms with Gasteiger partial charge < -0.3 is 15.2 Å². The van der Waals surface area contributed by atoms with E-state index in [1.54, 1.807) is 31.2 Å². The summed E-state index contributed by atoms with van der Waals surface area (Å²) in [6.07, 6.45) is 0.685. The number of carboxylic acid groups (broad SMARTS) is 1. The van der Waals surface area contributed by atoms with Crippen molar-refractivity contribution >= 4 is 11.9 Å². The molecule has 0 fully saturated rings. The molecule has 2 N–H and O–H groups in total. The molecule has 2 aromatic carbocycles. The SMILES string of the molecule is CC(CNC(=O)CCCOc1ccc(F)cc1)(C(=O)O)c1ccccc1. The van der Waals surface area contributed by atoms with Gasteiger partial charge in [0.05, 0.1) is 6.61 Å². The maximum absolute atomic E-state index is 12.8. The van der Waals surface area contributed by atoms with Crippen molar-refractivity contribution in [1.29, 1.82) is 0 Å². The van der Waals surface area contributed by atoms with Gasteiger partial charge in [-0.25, -0.2) is 4.39 Å². The third-order valence-electron chi connectivity index (χ3n) is 4.15. The molecule has 5 nitrogen and oxygen atoms in total. The van der Waals surface area contributed by atoms with Gasteiger partial charge in [0.15, 0.2) is 0 Å². The second-order valence-electron chi connectivity index (χ2n) is 6.19. The average molecular weight is 359 g/mol. The first-order valence-corrected chi connectivity index (χ1v) is 8.36. The highest BCUT2D eigenvalue weighted by Gasteiger charge is 2.35. The quantitative estimate of drug-likeness (QED) is 0.675. The van der Waals surface area contributed by atoms with E-state index in [2.05, 4.69) is 5.32 Å². The fourth-order valence-electron chi connectivity index (χ4n) is 2.42. The summed E-state index contributed by atoms with van der Waals surface area (Å²) >= 11 is 0. The molecule has 0 heterocycles. The zero-order valence-electron chi connectivity index (χ0n) is 14.6. The molecule has 0 radical (unpaired) electrons. The number of carbonyl (C=O) groups excluding carboxylic acids is 1. The fraction of sp³-hybridized carbons (Fsp3) is 0.300. The minimum Gasteiger partial charge on any atom is -0.494 e. The van der Waals surface area contributed by atoms with Crippen LogP contribution in [0.5, 0.6) is 5.75 Å². The number of amides is 1. The van der Waals surface area contributed by atoms with Crippen molar-refractivity contribution in [3.8, 4) is 5.75 Å². The van der Waals surface area contributed by atoms with Gasteiger partial charge in [0, 0.05) is 13.0 Å². The molecule has 0 bridgehead atoms. The van der Waals surface area contributed by atoms with Gasteiger partial charge in [-0.05, 0) is 43.2 Å². The predicted molar refractivity (Wildman–Crippen MR) is 95.6 cm³/mol. The summed E-state index contributed by atoms with van der Waals surface area (Å²) in [6.45, 7) is 1.90. The van der Waals surface area contributed by atoms with Gasteiger partial charge in [-0.3, -0.25) is 9.59 Å². The van der Waals surface area contributed by atoms with Crippen LogP contribution < -0.4 is 10.1 Å². The van der Waals surface area contributed by atoms with Crippen molar-refractivity contribution in [3.05, 3.63) is 66.0 Å². The number of halogens is 1. The van der Waals surface area contributed by atoms with E-state index in [-0.39, 0.29) is 24.7 Å². The molecule has 0 saturated heterocycles. The molecule has 6 heteroatoms. The van der Waals surface area contributed by atoms with E-state index in [1.807, 2.05) is 6.07 Å². The number of nitrogens with one attached hydrogen (secondary N) is 1. The molecule has 26 heavy (non-hydrogen) atoms. The van der Waals surface area contributed by atoms with Crippen molar-refractivity contribution in [2.75, 3.05) is 13.2 Å². The lowest BCUT2D eigenvalue weighted by molar-refractivity contribution is -0.143. The van der Waals surface area contributed by atoms with Crippen LogP contribution in [0.15, 0.2) is 54.6 Å². The van der Waals surface area contributed by atoms with Gasteiger partial charge in [-0.15, -0.1) is 0 Å². The van der Waals surface area contributed by atoms with Crippen LogP contribution in [0.2, 0.25) is 0 Å². The lowest BCUT2D eigenvalue weighted by Crippen LogP contribution is -2.44. The second-order valence-corrected chi connectivity index (χ2v) is 6.19. The lowest BCUT2D eigenvalue weighted by atomic mass is 9.82. The number of carbonyl (C=O) groups is 2. The summed E-state index contributed by atoms with van der Waals surface area (Å²) in [5.41, 5.74) is -0.561. The zero-order valence-corrected chi connectivity index (χ0v) is 14.6. The monoisotopic (exact) mass is 359 g/mol. The van der Waals surface area contributed by atoms with Gasteiger partial charge in [0.1, 0.15) is 17.0 Å². The first kappa shape index (κ1) is 19.4. The molecule has 2 aromatic rings. The molecule has 1 unspecified atom stereocenters. The highest BCUT2D eigenvalue weighted by Crippen LogP contribution is 2.23. The molecular weight excluding hydrogens is 337 g/mol. The number of hydrogen-bond donors (Lipinski definition) is 2. The summed E-state index contributed by atoms with van der Waals surface area (Å²) in [7, 11) is 0. The second kappa shape index (κ2) is 8.99. The summed E-state index contributed by atoms with van der Waals surface area (Å²) in [5.74, 6) is -1.04. The van der Waals surface area contributed by atoms with E-state index in [0.29, 0.717) is 24.3 Å².